The van der Waals surface area contributed by atoms with E-state index >= 15 is 0 Å². The van der Waals surface area contributed by atoms with Crippen LogP contribution < -0.4 is 5.32 Å². The first-order valence-electron chi connectivity index (χ1n) is 5.96. The summed E-state index contributed by atoms with van der Waals surface area (Å²) >= 11 is 0. The number of amides is 1. The highest BCUT2D eigenvalue weighted by atomic mass is 19.4. The number of likely N-dealkylation sites (tertiary alicyclic amines) is 1. The fourth-order valence-corrected chi connectivity index (χ4v) is 1.97. The van der Waals surface area contributed by atoms with E-state index in [1.807, 2.05) is 5.32 Å². The van der Waals surface area contributed by atoms with Crippen LogP contribution in [-0.2, 0) is 9.59 Å². The van der Waals surface area contributed by atoms with Crippen LogP contribution in [0.1, 0.15) is 26.7 Å². The van der Waals surface area contributed by atoms with E-state index in [-0.39, 0.29) is 0 Å². The molecule has 1 heterocycles. The number of carboxylic acid groups (broad SMARTS) is 1. The molecule has 1 rings (SSSR count). The van der Waals surface area contributed by atoms with Gasteiger partial charge in [0.05, 0.1) is 6.04 Å². The SMILES string of the molecule is CC(NC(C)(C(=O)O)C(F)(F)F)C(=O)N1CCCC1. The predicted octanol–water partition coefficient (Wildman–Crippen LogP) is 0.992. The van der Waals surface area contributed by atoms with E-state index in [1.165, 1.54) is 11.8 Å². The Morgan fingerprint density at radius 2 is 1.74 bits per heavy atom. The molecule has 110 valence electrons. The van der Waals surface area contributed by atoms with Gasteiger partial charge in [0.2, 0.25) is 11.4 Å². The number of carboxylic acids is 1. The quantitative estimate of drug-likeness (QED) is 0.807. The van der Waals surface area contributed by atoms with Gasteiger partial charge in [0, 0.05) is 13.1 Å². The Bertz CT molecular complexity index is 367. The molecule has 0 bridgehead atoms. The smallest absolute Gasteiger partial charge is 0.417 e. The van der Waals surface area contributed by atoms with Crippen molar-refractivity contribution in [3.05, 3.63) is 0 Å². The van der Waals surface area contributed by atoms with Crippen LogP contribution in [0.2, 0.25) is 0 Å². The van der Waals surface area contributed by atoms with Gasteiger partial charge in [-0.05, 0) is 26.7 Å². The molecular weight excluding hydrogens is 265 g/mol. The maximum atomic E-state index is 12.8. The number of nitrogens with zero attached hydrogens (tertiary/aromatic N) is 1. The Balaban J connectivity index is 2.80. The second kappa shape index (κ2) is 5.36. The van der Waals surface area contributed by atoms with Crippen LogP contribution in [-0.4, -0.2) is 52.7 Å². The van der Waals surface area contributed by atoms with Gasteiger partial charge in [-0.25, -0.2) is 4.79 Å². The molecular formula is C11H17F3N2O3. The Morgan fingerprint density at radius 3 is 2.11 bits per heavy atom. The molecule has 1 aliphatic rings. The monoisotopic (exact) mass is 282 g/mol. The number of nitrogens with one attached hydrogen (secondary N) is 1. The summed E-state index contributed by atoms with van der Waals surface area (Å²) in [6.07, 6.45) is -3.36. The van der Waals surface area contributed by atoms with Crippen LogP contribution in [0, 0.1) is 0 Å². The van der Waals surface area contributed by atoms with Gasteiger partial charge in [-0.15, -0.1) is 0 Å². The van der Waals surface area contributed by atoms with E-state index in [4.69, 9.17) is 5.11 Å². The van der Waals surface area contributed by atoms with Crippen LogP contribution in [0.3, 0.4) is 0 Å². The van der Waals surface area contributed by atoms with Crippen molar-refractivity contribution >= 4 is 11.9 Å². The van der Waals surface area contributed by atoms with Gasteiger partial charge < -0.3 is 10.0 Å². The Kier molecular flexibility index (Phi) is 4.44. The standard InChI is InChI=1S/C11H17F3N2O3/c1-7(8(17)16-5-3-4-6-16)15-10(2,9(18)19)11(12,13)14/h7,15H,3-6H2,1-2H3,(H,18,19). The van der Waals surface area contributed by atoms with Crippen molar-refractivity contribution in [2.24, 2.45) is 0 Å². The molecule has 2 unspecified atom stereocenters. The minimum absolute atomic E-state index is 0.501. The summed E-state index contributed by atoms with van der Waals surface area (Å²) < 4.78 is 38.4. The number of carbonyl (C=O) groups is 2. The number of alkyl halides is 3. The first-order chi connectivity index (χ1) is 8.59. The molecule has 0 aromatic heterocycles. The van der Waals surface area contributed by atoms with Gasteiger partial charge in [0.1, 0.15) is 0 Å². The molecule has 0 aliphatic carbocycles. The Hall–Kier alpha value is -1.31. The summed E-state index contributed by atoms with van der Waals surface area (Å²) in [7, 11) is 0. The highest BCUT2D eigenvalue weighted by molar-refractivity contribution is 5.84. The fourth-order valence-electron chi connectivity index (χ4n) is 1.97. The van der Waals surface area contributed by atoms with Crippen molar-refractivity contribution in [3.63, 3.8) is 0 Å². The molecule has 2 N–H and O–H groups in total. The lowest BCUT2D eigenvalue weighted by Gasteiger charge is -2.32. The molecule has 0 aromatic rings. The van der Waals surface area contributed by atoms with Crippen LogP contribution >= 0.6 is 0 Å². The molecule has 8 heteroatoms. The molecule has 5 nitrogen and oxygen atoms in total. The van der Waals surface area contributed by atoms with E-state index in [0.29, 0.717) is 20.0 Å². The molecule has 1 aliphatic heterocycles. The van der Waals surface area contributed by atoms with Crippen LogP contribution in [0.15, 0.2) is 0 Å². The van der Waals surface area contributed by atoms with E-state index in [9.17, 15) is 22.8 Å². The van der Waals surface area contributed by atoms with Crippen molar-refractivity contribution < 1.29 is 27.9 Å². The van der Waals surface area contributed by atoms with Crippen molar-refractivity contribution in [1.82, 2.24) is 10.2 Å². The summed E-state index contributed by atoms with van der Waals surface area (Å²) in [6, 6.07) is -1.21. The largest absolute Gasteiger partial charge is 0.480 e. The Morgan fingerprint density at radius 1 is 1.26 bits per heavy atom. The minimum atomic E-state index is -4.99. The van der Waals surface area contributed by atoms with Crippen LogP contribution in [0.5, 0.6) is 0 Å². The summed E-state index contributed by atoms with van der Waals surface area (Å²) in [5.74, 6) is -2.56. The Labute approximate surface area is 108 Å². The summed E-state index contributed by atoms with van der Waals surface area (Å²) in [4.78, 5) is 24.2. The van der Waals surface area contributed by atoms with Crippen molar-refractivity contribution in [3.8, 4) is 0 Å². The van der Waals surface area contributed by atoms with Gasteiger partial charge in [-0.2, -0.15) is 13.2 Å². The zero-order chi connectivity index (χ0) is 14.8. The molecule has 19 heavy (non-hydrogen) atoms. The van der Waals surface area contributed by atoms with Crippen molar-refractivity contribution in [1.29, 1.82) is 0 Å². The number of hydrogen-bond donors (Lipinski definition) is 2. The topological polar surface area (TPSA) is 69.6 Å². The van der Waals surface area contributed by atoms with Gasteiger partial charge in [0.25, 0.3) is 0 Å². The predicted molar refractivity (Wildman–Crippen MR) is 60.5 cm³/mol. The third-order valence-corrected chi connectivity index (χ3v) is 3.29. The third-order valence-electron chi connectivity index (χ3n) is 3.29. The lowest BCUT2D eigenvalue weighted by atomic mass is 10.0. The van der Waals surface area contributed by atoms with E-state index in [0.717, 1.165) is 12.8 Å². The summed E-state index contributed by atoms with van der Waals surface area (Å²) in [5.41, 5.74) is -3.14. The highest BCUT2D eigenvalue weighted by Gasteiger charge is 2.58. The van der Waals surface area contributed by atoms with Crippen molar-refractivity contribution in [2.45, 2.75) is 44.4 Å². The molecule has 1 fully saturated rings. The second-order valence-corrected chi connectivity index (χ2v) is 4.83. The van der Waals surface area contributed by atoms with Crippen molar-refractivity contribution in [2.75, 3.05) is 13.1 Å². The molecule has 1 saturated heterocycles. The molecule has 1 amide bonds. The minimum Gasteiger partial charge on any atom is -0.480 e. The summed E-state index contributed by atoms with van der Waals surface area (Å²) in [5, 5.41) is 10.7. The molecule has 2 atom stereocenters. The number of halogens is 3. The third kappa shape index (κ3) is 3.17. The van der Waals surface area contributed by atoms with Gasteiger partial charge in [0.15, 0.2) is 0 Å². The maximum absolute atomic E-state index is 12.8. The molecule has 0 saturated carbocycles. The first kappa shape index (κ1) is 15.7. The number of carbonyl (C=O) groups excluding carboxylic acids is 1. The zero-order valence-corrected chi connectivity index (χ0v) is 10.8. The lowest BCUT2D eigenvalue weighted by Crippen LogP contribution is -2.64. The van der Waals surface area contributed by atoms with E-state index in [1.54, 1.807) is 0 Å². The van der Waals surface area contributed by atoms with Gasteiger partial charge >= 0.3 is 12.1 Å². The number of aliphatic carboxylic acids is 1. The molecule has 0 aromatic carbocycles. The van der Waals surface area contributed by atoms with Gasteiger partial charge in [-0.3, -0.25) is 10.1 Å². The average Bonchev–Trinajstić information content (AvgIpc) is 2.79. The fraction of sp³-hybridized carbons (Fsp3) is 0.818. The van der Waals surface area contributed by atoms with Gasteiger partial charge in [-0.1, -0.05) is 0 Å². The van der Waals surface area contributed by atoms with E-state index < -0.39 is 29.6 Å². The lowest BCUT2D eigenvalue weighted by molar-refractivity contribution is -0.207. The first-order valence-corrected chi connectivity index (χ1v) is 5.96. The number of hydrogen-bond acceptors (Lipinski definition) is 3. The normalized spacial score (nSPS) is 21.0. The van der Waals surface area contributed by atoms with Crippen LogP contribution in [0.4, 0.5) is 13.2 Å². The maximum Gasteiger partial charge on any atom is 0.417 e. The molecule has 0 radical (unpaired) electrons. The average molecular weight is 282 g/mol. The van der Waals surface area contributed by atoms with E-state index in [2.05, 4.69) is 0 Å². The number of rotatable bonds is 4. The molecule has 0 spiro atoms. The summed E-state index contributed by atoms with van der Waals surface area (Å²) in [6.45, 7) is 2.76. The second-order valence-electron chi connectivity index (χ2n) is 4.83. The van der Waals surface area contributed by atoms with Crippen LogP contribution in [0.25, 0.3) is 0 Å². The highest BCUT2D eigenvalue weighted by Crippen LogP contribution is 2.31. The zero-order valence-electron chi connectivity index (χ0n) is 10.8.